The van der Waals surface area contributed by atoms with Gasteiger partial charge >= 0.3 is 5.97 Å². The smallest absolute Gasteiger partial charge is 0.313 e. The Balaban J connectivity index is 2.66. The summed E-state index contributed by atoms with van der Waals surface area (Å²) in [5.74, 6) is -0.660. The molecule has 0 N–H and O–H groups in total. The number of hydrogen-bond acceptors (Lipinski definition) is 3. The molecule has 1 aromatic rings. The molecule has 0 saturated heterocycles. The third-order valence-electron chi connectivity index (χ3n) is 2.12. The molecule has 0 amide bonds. The molecule has 0 aliphatic rings. The number of Topliss-reactive ketones (excluding diaryl/α,β-unsaturated/α-hetero) is 1. The van der Waals surface area contributed by atoms with Gasteiger partial charge in [0.05, 0.1) is 6.10 Å². The van der Waals surface area contributed by atoms with Crippen molar-refractivity contribution in [1.29, 1.82) is 0 Å². The Hall–Kier alpha value is -1.64. The first-order chi connectivity index (χ1) is 7.50. The summed E-state index contributed by atoms with van der Waals surface area (Å²) in [4.78, 5) is 23.1. The topological polar surface area (TPSA) is 43.4 Å². The number of ketones is 1. The Bertz CT molecular complexity index is 394. The Morgan fingerprint density at radius 2 is 1.88 bits per heavy atom. The summed E-state index contributed by atoms with van der Waals surface area (Å²) in [6.45, 7) is 5.37. The van der Waals surface area contributed by atoms with Gasteiger partial charge in [0.25, 0.3) is 0 Å². The van der Waals surface area contributed by atoms with Crippen LogP contribution in [0.2, 0.25) is 0 Å². The number of esters is 1. The molecule has 0 radical (unpaired) electrons. The van der Waals surface area contributed by atoms with E-state index in [0.717, 1.165) is 5.56 Å². The SMILES string of the molecule is Cc1ccccc1C(=O)CC(=O)OC(C)C. The Kier molecular flexibility index (Phi) is 4.23. The second kappa shape index (κ2) is 5.45. The largest absolute Gasteiger partial charge is 0.463 e. The molecule has 3 heteroatoms. The van der Waals surface area contributed by atoms with E-state index in [4.69, 9.17) is 4.74 Å². The minimum atomic E-state index is -0.469. The highest BCUT2D eigenvalue weighted by Gasteiger charge is 2.15. The van der Waals surface area contributed by atoms with Crippen LogP contribution in [0.3, 0.4) is 0 Å². The van der Waals surface area contributed by atoms with Crippen molar-refractivity contribution in [1.82, 2.24) is 0 Å². The van der Waals surface area contributed by atoms with E-state index in [1.807, 2.05) is 19.1 Å². The zero-order chi connectivity index (χ0) is 12.1. The summed E-state index contributed by atoms with van der Waals surface area (Å²) < 4.78 is 4.92. The van der Waals surface area contributed by atoms with E-state index in [1.54, 1.807) is 26.0 Å². The predicted molar refractivity (Wildman–Crippen MR) is 61.4 cm³/mol. The van der Waals surface area contributed by atoms with E-state index in [0.29, 0.717) is 5.56 Å². The first-order valence-electron chi connectivity index (χ1n) is 5.29. The molecular formula is C13H16O3. The maximum Gasteiger partial charge on any atom is 0.313 e. The summed E-state index contributed by atoms with van der Waals surface area (Å²) >= 11 is 0. The van der Waals surface area contributed by atoms with Gasteiger partial charge in [0.1, 0.15) is 6.42 Å². The van der Waals surface area contributed by atoms with Crippen molar-refractivity contribution in [3.8, 4) is 0 Å². The third-order valence-corrected chi connectivity index (χ3v) is 2.12. The van der Waals surface area contributed by atoms with Crippen LogP contribution in [0.5, 0.6) is 0 Å². The minimum absolute atomic E-state index is 0.183. The van der Waals surface area contributed by atoms with Crippen LogP contribution in [0.1, 0.15) is 36.2 Å². The van der Waals surface area contributed by atoms with Crippen LogP contribution >= 0.6 is 0 Å². The molecule has 0 spiro atoms. The number of rotatable bonds is 4. The van der Waals surface area contributed by atoms with Gasteiger partial charge in [-0.25, -0.2) is 0 Å². The molecule has 1 rings (SSSR count). The fraction of sp³-hybridized carbons (Fsp3) is 0.385. The van der Waals surface area contributed by atoms with Crippen molar-refractivity contribution >= 4 is 11.8 Å². The monoisotopic (exact) mass is 220 g/mol. The molecule has 16 heavy (non-hydrogen) atoms. The van der Waals surface area contributed by atoms with Crippen LogP contribution in [0.25, 0.3) is 0 Å². The summed E-state index contributed by atoms with van der Waals surface area (Å²) in [5.41, 5.74) is 1.47. The number of carbonyl (C=O) groups excluding carboxylic acids is 2. The predicted octanol–water partition coefficient (Wildman–Crippen LogP) is 2.52. The molecule has 0 fully saturated rings. The van der Waals surface area contributed by atoms with Crippen molar-refractivity contribution in [3.63, 3.8) is 0 Å². The van der Waals surface area contributed by atoms with Crippen molar-refractivity contribution in [2.75, 3.05) is 0 Å². The van der Waals surface area contributed by atoms with Crippen molar-refractivity contribution in [2.45, 2.75) is 33.3 Å². The van der Waals surface area contributed by atoms with Crippen LogP contribution in [-0.4, -0.2) is 17.9 Å². The highest BCUT2D eigenvalue weighted by Crippen LogP contribution is 2.10. The zero-order valence-electron chi connectivity index (χ0n) is 9.82. The van der Waals surface area contributed by atoms with Crippen LogP contribution in [0.4, 0.5) is 0 Å². The fourth-order valence-electron chi connectivity index (χ4n) is 1.42. The first-order valence-corrected chi connectivity index (χ1v) is 5.29. The summed E-state index contributed by atoms with van der Waals surface area (Å²) in [7, 11) is 0. The molecule has 0 bridgehead atoms. The average molecular weight is 220 g/mol. The second-order valence-electron chi connectivity index (χ2n) is 3.95. The number of hydrogen-bond donors (Lipinski definition) is 0. The molecule has 0 atom stereocenters. The lowest BCUT2D eigenvalue weighted by Crippen LogP contribution is -2.16. The third kappa shape index (κ3) is 3.50. The lowest BCUT2D eigenvalue weighted by atomic mass is 10.0. The Morgan fingerprint density at radius 3 is 2.44 bits per heavy atom. The molecule has 0 aliphatic carbocycles. The molecule has 0 aromatic heterocycles. The minimum Gasteiger partial charge on any atom is -0.463 e. The normalized spacial score (nSPS) is 10.2. The molecule has 3 nitrogen and oxygen atoms in total. The van der Waals surface area contributed by atoms with Gasteiger partial charge in [-0.05, 0) is 26.3 Å². The van der Waals surface area contributed by atoms with Crippen molar-refractivity contribution < 1.29 is 14.3 Å². The van der Waals surface area contributed by atoms with E-state index in [1.165, 1.54) is 0 Å². The van der Waals surface area contributed by atoms with Gasteiger partial charge in [-0.3, -0.25) is 9.59 Å². The summed E-state index contributed by atoms with van der Waals surface area (Å²) in [6, 6.07) is 7.22. The summed E-state index contributed by atoms with van der Waals surface area (Å²) in [5, 5.41) is 0. The number of aryl methyl sites for hydroxylation is 1. The van der Waals surface area contributed by atoms with Gasteiger partial charge in [0.15, 0.2) is 5.78 Å². The first kappa shape index (κ1) is 12.4. The molecule has 1 aromatic carbocycles. The molecule has 86 valence electrons. The van der Waals surface area contributed by atoms with Gasteiger partial charge in [-0.15, -0.1) is 0 Å². The van der Waals surface area contributed by atoms with Crippen LogP contribution in [0, 0.1) is 6.92 Å². The standard InChI is InChI=1S/C13H16O3/c1-9(2)16-13(15)8-12(14)11-7-5-4-6-10(11)3/h4-7,9H,8H2,1-3H3. The van der Waals surface area contributed by atoms with E-state index >= 15 is 0 Å². The van der Waals surface area contributed by atoms with Gasteiger partial charge in [0, 0.05) is 5.56 Å². The zero-order valence-corrected chi connectivity index (χ0v) is 9.82. The van der Waals surface area contributed by atoms with Gasteiger partial charge in [0.2, 0.25) is 0 Å². The van der Waals surface area contributed by atoms with Crippen molar-refractivity contribution in [3.05, 3.63) is 35.4 Å². The summed E-state index contributed by atoms with van der Waals surface area (Å²) in [6.07, 6.45) is -0.375. The van der Waals surface area contributed by atoms with Crippen LogP contribution < -0.4 is 0 Å². The number of carbonyl (C=O) groups is 2. The van der Waals surface area contributed by atoms with Gasteiger partial charge in [-0.1, -0.05) is 24.3 Å². The lowest BCUT2D eigenvalue weighted by Gasteiger charge is -2.08. The lowest BCUT2D eigenvalue weighted by molar-refractivity contribution is -0.146. The Morgan fingerprint density at radius 1 is 1.25 bits per heavy atom. The van der Waals surface area contributed by atoms with Gasteiger partial charge in [-0.2, -0.15) is 0 Å². The molecule has 0 unspecified atom stereocenters. The van der Waals surface area contributed by atoms with E-state index in [-0.39, 0.29) is 18.3 Å². The second-order valence-corrected chi connectivity index (χ2v) is 3.95. The van der Waals surface area contributed by atoms with Crippen LogP contribution in [-0.2, 0) is 9.53 Å². The number of benzene rings is 1. The molecule has 0 aliphatic heterocycles. The maximum absolute atomic E-state index is 11.8. The Labute approximate surface area is 95.4 Å². The van der Waals surface area contributed by atoms with E-state index in [9.17, 15) is 9.59 Å². The molecule has 0 saturated carbocycles. The van der Waals surface area contributed by atoms with Crippen molar-refractivity contribution in [2.24, 2.45) is 0 Å². The van der Waals surface area contributed by atoms with Gasteiger partial charge < -0.3 is 4.74 Å². The molecule has 0 heterocycles. The fourth-order valence-corrected chi connectivity index (χ4v) is 1.42. The maximum atomic E-state index is 11.8. The highest BCUT2D eigenvalue weighted by molar-refractivity contribution is 6.06. The quantitative estimate of drug-likeness (QED) is 0.445. The van der Waals surface area contributed by atoms with Crippen LogP contribution in [0.15, 0.2) is 24.3 Å². The van der Waals surface area contributed by atoms with E-state index in [2.05, 4.69) is 0 Å². The average Bonchev–Trinajstić information content (AvgIpc) is 2.16. The van der Waals surface area contributed by atoms with E-state index < -0.39 is 5.97 Å². The highest BCUT2D eigenvalue weighted by atomic mass is 16.5. The molecular weight excluding hydrogens is 204 g/mol. The number of ether oxygens (including phenoxy) is 1.